The highest BCUT2D eigenvalue weighted by Crippen LogP contribution is 2.63. The zero-order chi connectivity index (χ0) is 13.3. The van der Waals surface area contributed by atoms with Crippen molar-refractivity contribution in [2.24, 2.45) is 11.3 Å². The molecule has 0 aromatic carbocycles. The number of nitrogens with one attached hydrogen (secondary N) is 1. The van der Waals surface area contributed by atoms with Gasteiger partial charge in [-0.2, -0.15) is 0 Å². The quantitative estimate of drug-likeness (QED) is 0.734. The van der Waals surface area contributed by atoms with E-state index >= 15 is 0 Å². The molecule has 1 aliphatic rings. The molecule has 0 bridgehead atoms. The summed E-state index contributed by atoms with van der Waals surface area (Å²) in [7, 11) is 0. The minimum Gasteiger partial charge on any atom is -0.353 e. The van der Waals surface area contributed by atoms with Crippen molar-refractivity contribution in [3.8, 4) is 0 Å². The van der Waals surface area contributed by atoms with Crippen LogP contribution in [0.4, 0.5) is 0 Å². The predicted octanol–water partition coefficient (Wildman–Crippen LogP) is 3.90. The first-order valence-electron chi connectivity index (χ1n) is 6.38. The molecule has 2 atom stereocenters. The van der Waals surface area contributed by atoms with Crippen molar-refractivity contribution in [3.05, 3.63) is 0 Å². The van der Waals surface area contributed by atoms with Crippen LogP contribution < -0.4 is 5.32 Å². The Morgan fingerprint density at radius 2 is 1.82 bits per heavy atom. The van der Waals surface area contributed by atoms with Gasteiger partial charge in [0, 0.05) is 6.04 Å². The van der Waals surface area contributed by atoms with Gasteiger partial charge in [0.15, 0.2) is 0 Å². The monoisotopic (exact) mass is 279 g/mol. The van der Waals surface area contributed by atoms with E-state index in [1.807, 2.05) is 13.8 Å². The van der Waals surface area contributed by atoms with E-state index in [0.29, 0.717) is 6.42 Å². The van der Waals surface area contributed by atoms with Crippen LogP contribution in [0.3, 0.4) is 0 Å². The molecule has 0 radical (unpaired) electrons. The summed E-state index contributed by atoms with van der Waals surface area (Å²) in [5, 5.41) is 3.00. The van der Waals surface area contributed by atoms with Crippen LogP contribution in [0.5, 0.6) is 0 Å². The number of rotatable bonds is 6. The number of hydrogen-bond donors (Lipinski definition) is 1. The maximum absolute atomic E-state index is 12.0. The third-order valence-corrected chi connectivity index (χ3v) is 4.66. The summed E-state index contributed by atoms with van der Waals surface area (Å²) in [5.74, 6) is 0.705. The summed E-state index contributed by atoms with van der Waals surface area (Å²) >= 11 is 12.0. The first kappa shape index (κ1) is 15.1. The molecule has 2 unspecified atom stereocenters. The maximum Gasteiger partial charge on any atom is 0.229 e. The lowest BCUT2D eigenvalue weighted by atomic mass is 10.0. The van der Waals surface area contributed by atoms with E-state index in [-0.39, 0.29) is 11.9 Å². The van der Waals surface area contributed by atoms with Gasteiger partial charge in [-0.05, 0) is 32.6 Å². The number of carbonyl (C=O) groups is 1. The van der Waals surface area contributed by atoms with Crippen molar-refractivity contribution in [1.82, 2.24) is 5.32 Å². The minimum atomic E-state index is -0.866. The number of halogens is 2. The van der Waals surface area contributed by atoms with Crippen LogP contribution in [0.1, 0.15) is 53.4 Å². The molecule has 0 aromatic rings. The summed E-state index contributed by atoms with van der Waals surface area (Å²) in [5.41, 5.74) is -0.595. The summed E-state index contributed by atoms with van der Waals surface area (Å²) in [6, 6.07) is 0.197. The molecule has 1 saturated carbocycles. The molecule has 1 aliphatic carbocycles. The number of hydrogen-bond acceptors (Lipinski definition) is 1. The highest BCUT2D eigenvalue weighted by molar-refractivity contribution is 6.53. The van der Waals surface area contributed by atoms with Crippen LogP contribution >= 0.6 is 23.2 Å². The Balaban J connectivity index is 2.28. The third kappa shape index (κ3) is 3.75. The first-order chi connectivity index (χ1) is 7.69. The Bertz CT molecular complexity index is 291. The van der Waals surface area contributed by atoms with E-state index in [4.69, 9.17) is 23.2 Å². The average molecular weight is 280 g/mol. The molecule has 4 heteroatoms. The van der Waals surface area contributed by atoms with Crippen LogP contribution in [0.15, 0.2) is 0 Å². The lowest BCUT2D eigenvalue weighted by Gasteiger charge is -2.18. The lowest BCUT2D eigenvalue weighted by Crippen LogP contribution is -2.39. The zero-order valence-electron chi connectivity index (χ0n) is 11.1. The molecule has 0 aliphatic heterocycles. The van der Waals surface area contributed by atoms with Crippen LogP contribution in [-0.4, -0.2) is 16.3 Å². The van der Waals surface area contributed by atoms with Crippen molar-refractivity contribution in [2.45, 2.75) is 63.8 Å². The fourth-order valence-corrected chi connectivity index (χ4v) is 2.64. The van der Waals surface area contributed by atoms with Crippen LogP contribution in [0, 0.1) is 11.3 Å². The molecule has 1 amide bonds. The normalized spacial score (nSPS) is 27.9. The van der Waals surface area contributed by atoms with Gasteiger partial charge < -0.3 is 5.32 Å². The fourth-order valence-electron chi connectivity index (χ4n) is 1.93. The largest absolute Gasteiger partial charge is 0.353 e. The van der Waals surface area contributed by atoms with Gasteiger partial charge in [-0.1, -0.05) is 26.7 Å². The van der Waals surface area contributed by atoms with Gasteiger partial charge in [0.05, 0.1) is 5.41 Å². The van der Waals surface area contributed by atoms with Crippen molar-refractivity contribution >= 4 is 29.1 Å². The SMILES string of the molecule is CC(C)CCCC(C)NC(=O)C1(C)CC1(Cl)Cl. The molecule has 100 valence electrons. The fraction of sp³-hybridized carbons (Fsp3) is 0.923. The Labute approximate surface area is 114 Å². The highest BCUT2D eigenvalue weighted by Gasteiger charge is 2.67. The van der Waals surface area contributed by atoms with Gasteiger partial charge in [-0.3, -0.25) is 4.79 Å². The second-order valence-electron chi connectivity index (χ2n) is 5.91. The number of alkyl halides is 2. The topological polar surface area (TPSA) is 29.1 Å². The van der Waals surface area contributed by atoms with E-state index < -0.39 is 9.75 Å². The van der Waals surface area contributed by atoms with Gasteiger partial charge in [0.25, 0.3) is 0 Å². The molecule has 0 spiro atoms. The Morgan fingerprint density at radius 1 is 1.29 bits per heavy atom. The standard InChI is InChI=1S/C13H23Cl2NO/c1-9(2)6-5-7-10(3)16-11(17)12(4)8-13(12,14)15/h9-10H,5-8H2,1-4H3,(H,16,17). The summed E-state index contributed by atoms with van der Waals surface area (Å²) < 4.78 is -0.866. The molecule has 2 nitrogen and oxygen atoms in total. The molecular formula is C13H23Cl2NO. The smallest absolute Gasteiger partial charge is 0.229 e. The molecule has 1 N–H and O–H groups in total. The lowest BCUT2D eigenvalue weighted by molar-refractivity contribution is -0.126. The second-order valence-corrected chi connectivity index (χ2v) is 7.40. The van der Waals surface area contributed by atoms with E-state index in [9.17, 15) is 4.79 Å². The van der Waals surface area contributed by atoms with Gasteiger partial charge in [0.2, 0.25) is 5.91 Å². The first-order valence-corrected chi connectivity index (χ1v) is 7.13. The van der Waals surface area contributed by atoms with Crippen molar-refractivity contribution in [3.63, 3.8) is 0 Å². The highest BCUT2D eigenvalue weighted by atomic mass is 35.5. The second kappa shape index (κ2) is 5.36. The van der Waals surface area contributed by atoms with E-state index in [1.54, 1.807) is 0 Å². The maximum atomic E-state index is 12.0. The summed E-state index contributed by atoms with van der Waals surface area (Å²) in [6.07, 6.45) is 3.90. The molecular weight excluding hydrogens is 257 g/mol. The van der Waals surface area contributed by atoms with Crippen LogP contribution in [0.2, 0.25) is 0 Å². The van der Waals surface area contributed by atoms with E-state index in [2.05, 4.69) is 19.2 Å². The molecule has 17 heavy (non-hydrogen) atoms. The molecule has 0 aromatic heterocycles. The van der Waals surface area contributed by atoms with E-state index in [0.717, 1.165) is 18.8 Å². The van der Waals surface area contributed by atoms with Gasteiger partial charge >= 0.3 is 0 Å². The van der Waals surface area contributed by atoms with Crippen molar-refractivity contribution < 1.29 is 4.79 Å². The predicted molar refractivity (Wildman–Crippen MR) is 73.5 cm³/mol. The van der Waals surface area contributed by atoms with E-state index in [1.165, 1.54) is 6.42 Å². The van der Waals surface area contributed by atoms with Crippen LogP contribution in [-0.2, 0) is 4.79 Å². The molecule has 0 heterocycles. The van der Waals surface area contributed by atoms with Crippen molar-refractivity contribution in [2.75, 3.05) is 0 Å². The Hall–Kier alpha value is 0.0500. The number of amides is 1. The molecule has 1 rings (SSSR count). The Morgan fingerprint density at radius 3 is 2.24 bits per heavy atom. The minimum absolute atomic E-state index is 0.0143. The molecule has 1 fully saturated rings. The van der Waals surface area contributed by atoms with Gasteiger partial charge in [0.1, 0.15) is 4.33 Å². The zero-order valence-corrected chi connectivity index (χ0v) is 12.7. The van der Waals surface area contributed by atoms with Gasteiger partial charge in [-0.25, -0.2) is 0 Å². The third-order valence-electron chi connectivity index (χ3n) is 3.56. The average Bonchev–Trinajstić information content (AvgIpc) is 2.66. The number of carbonyl (C=O) groups excluding carboxylic acids is 1. The van der Waals surface area contributed by atoms with Gasteiger partial charge in [-0.15, -0.1) is 23.2 Å². The Kier molecular flexibility index (Phi) is 4.76. The van der Waals surface area contributed by atoms with Crippen molar-refractivity contribution in [1.29, 1.82) is 0 Å². The van der Waals surface area contributed by atoms with Crippen LogP contribution in [0.25, 0.3) is 0 Å². The summed E-state index contributed by atoms with van der Waals surface area (Å²) in [4.78, 5) is 12.0. The summed E-state index contributed by atoms with van der Waals surface area (Å²) in [6.45, 7) is 8.28. The molecule has 0 saturated heterocycles.